The molecule has 10 heteroatoms. The molecule has 0 aliphatic heterocycles. The molecule has 29 heavy (non-hydrogen) atoms. The van der Waals surface area contributed by atoms with Gasteiger partial charge in [-0.25, -0.2) is 0 Å². The van der Waals surface area contributed by atoms with Gasteiger partial charge in [0.05, 0.1) is 10.6 Å². The van der Waals surface area contributed by atoms with Crippen LogP contribution in [0.15, 0.2) is 47.8 Å². The Labute approximate surface area is 174 Å². The number of thioether (sulfide) groups is 1. The van der Waals surface area contributed by atoms with Crippen molar-refractivity contribution in [2.24, 2.45) is 0 Å². The average molecular weight is 443 g/mol. The number of nitrogens with zero attached hydrogens (tertiary/aromatic N) is 4. The minimum Gasteiger partial charge on any atom is -0.342 e. The maximum absolute atomic E-state index is 13.2. The van der Waals surface area contributed by atoms with Crippen LogP contribution in [0.25, 0.3) is 5.65 Å². The molecule has 1 amide bonds. The Kier molecular flexibility index (Phi) is 6.38. The van der Waals surface area contributed by atoms with Crippen LogP contribution >= 0.6 is 23.4 Å². The highest BCUT2D eigenvalue weighted by molar-refractivity contribution is 8.00. The number of fused-ring (bicyclic) bond motifs is 1. The standard InChI is InChI=1S/C19H18ClF3N4OS/c1-3-26(4-2)17(28)15(12-8-6-5-7-9-12)29-18-25-24-16-14(20)10-13(11-27(16)18)19(21,22)23/h5-11,15H,3-4H2,1-2H3. The number of likely N-dealkylation sites (N-methyl/N-ethyl adjacent to an activating group) is 1. The molecule has 0 radical (unpaired) electrons. The summed E-state index contributed by atoms with van der Waals surface area (Å²) in [6.45, 7) is 4.78. The normalized spacial score (nSPS) is 12.9. The number of pyridine rings is 1. The van der Waals surface area contributed by atoms with Crippen molar-refractivity contribution in [1.29, 1.82) is 0 Å². The van der Waals surface area contributed by atoms with Crippen molar-refractivity contribution >= 4 is 34.9 Å². The molecule has 0 fully saturated rings. The first kappa shape index (κ1) is 21.4. The van der Waals surface area contributed by atoms with Gasteiger partial charge in [0.1, 0.15) is 5.25 Å². The Bertz CT molecular complexity index is 1010. The van der Waals surface area contributed by atoms with E-state index >= 15 is 0 Å². The molecule has 0 N–H and O–H groups in total. The number of alkyl halides is 3. The largest absolute Gasteiger partial charge is 0.417 e. The monoisotopic (exact) mass is 442 g/mol. The Morgan fingerprint density at radius 3 is 2.45 bits per heavy atom. The van der Waals surface area contributed by atoms with Crippen molar-refractivity contribution in [2.45, 2.75) is 30.4 Å². The van der Waals surface area contributed by atoms with Crippen molar-refractivity contribution in [3.63, 3.8) is 0 Å². The quantitative estimate of drug-likeness (QED) is 0.498. The molecule has 0 aliphatic rings. The van der Waals surface area contributed by atoms with Gasteiger partial charge >= 0.3 is 6.18 Å². The first-order chi connectivity index (χ1) is 13.8. The van der Waals surface area contributed by atoms with Gasteiger partial charge < -0.3 is 4.90 Å². The lowest BCUT2D eigenvalue weighted by molar-refractivity contribution is -0.138. The summed E-state index contributed by atoms with van der Waals surface area (Å²) in [6, 6.07) is 9.86. The van der Waals surface area contributed by atoms with Gasteiger partial charge in [-0.2, -0.15) is 13.2 Å². The van der Waals surface area contributed by atoms with E-state index in [1.165, 1.54) is 4.40 Å². The number of carbonyl (C=O) groups is 1. The summed E-state index contributed by atoms with van der Waals surface area (Å²) in [5.41, 5.74) is -0.0866. The van der Waals surface area contributed by atoms with Crippen LogP contribution in [0.5, 0.6) is 0 Å². The van der Waals surface area contributed by atoms with E-state index in [9.17, 15) is 18.0 Å². The molecule has 1 atom stereocenters. The van der Waals surface area contributed by atoms with Crippen LogP contribution < -0.4 is 0 Å². The van der Waals surface area contributed by atoms with E-state index in [4.69, 9.17) is 11.6 Å². The smallest absolute Gasteiger partial charge is 0.342 e. The zero-order chi connectivity index (χ0) is 21.2. The summed E-state index contributed by atoms with van der Waals surface area (Å²) in [4.78, 5) is 14.8. The summed E-state index contributed by atoms with van der Waals surface area (Å²) in [6.07, 6.45) is -3.67. The van der Waals surface area contributed by atoms with Crippen LogP contribution in [0.3, 0.4) is 0 Å². The Balaban J connectivity index is 2.07. The van der Waals surface area contributed by atoms with E-state index in [1.807, 2.05) is 19.9 Å². The SMILES string of the molecule is CCN(CC)C(=O)C(Sc1nnc2c(Cl)cc(C(F)(F)F)cn12)c1ccccc1. The van der Waals surface area contributed by atoms with Crippen LogP contribution in [-0.4, -0.2) is 38.5 Å². The number of aromatic nitrogens is 3. The van der Waals surface area contributed by atoms with Gasteiger partial charge in [-0.05, 0) is 25.5 Å². The summed E-state index contributed by atoms with van der Waals surface area (Å²) in [5, 5.41) is 7.20. The average Bonchev–Trinajstić information content (AvgIpc) is 3.10. The van der Waals surface area contributed by atoms with Crippen molar-refractivity contribution in [3.8, 4) is 0 Å². The zero-order valence-corrected chi connectivity index (χ0v) is 17.2. The van der Waals surface area contributed by atoms with Gasteiger partial charge in [-0.15, -0.1) is 10.2 Å². The molecule has 0 spiro atoms. The van der Waals surface area contributed by atoms with Crippen LogP contribution in [0.4, 0.5) is 13.2 Å². The van der Waals surface area contributed by atoms with Crippen LogP contribution in [0.2, 0.25) is 5.02 Å². The fraction of sp³-hybridized carbons (Fsp3) is 0.316. The second kappa shape index (κ2) is 8.62. The lowest BCUT2D eigenvalue weighted by Gasteiger charge is -2.24. The molecule has 154 valence electrons. The first-order valence-electron chi connectivity index (χ1n) is 8.88. The summed E-state index contributed by atoms with van der Waals surface area (Å²) in [5.74, 6) is -0.152. The number of amides is 1. The molecular weight excluding hydrogens is 425 g/mol. The zero-order valence-electron chi connectivity index (χ0n) is 15.7. The lowest BCUT2D eigenvalue weighted by Crippen LogP contribution is -2.33. The maximum Gasteiger partial charge on any atom is 0.417 e. The molecule has 1 unspecified atom stereocenters. The number of hydrogen-bond acceptors (Lipinski definition) is 4. The molecule has 2 heterocycles. The van der Waals surface area contributed by atoms with E-state index in [0.29, 0.717) is 13.1 Å². The molecule has 2 aromatic heterocycles. The summed E-state index contributed by atoms with van der Waals surface area (Å²) < 4.78 is 40.8. The van der Waals surface area contributed by atoms with Gasteiger partial charge in [0, 0.05) is 19.3 Å². The molecule has 3 rings (SSSR count). The Morgan fingerprint density at radius 2 is 1.86 bits per heavy atom. The van der Waals surface area contributed by atoms with E-state index in [1.54, 1.807) is 29.2 Å². The third-order valence-corrected chi connectivity index (χ3v) is 5.86. The second-order valence-corrected chi connectivity index (χ2v) is 7.65. The molecule has 5 nitrogen and oxygen atoms in total. The van der Waals surface area contributed by atoms with Gasteiger partial charge in [0.25, 0.3) is 0 Å². The van der Waals surface area contributed by atoms with Gasteiger partial charge in [-0.3, -0.25) is 9.20 Å². The predicted molar refractivity (Wildman–Crippen MR) is 106 cm³/mol. The number of halogens is 4. The number of benzene rings is 1. The highest BCUT2D eigenvalue weighted by atomic mass is 35.5. The first-order valence-corrected chi connectivity index (χ1v) is 10.1. The fourth-order valence-electron chi connectivity index (χ4n) is 2.86. The third-order valence-electron chi connectivity index (χ3n) is 4.38. The maximum atomic E-state index is 13.2. The van der Waals surface area contributed by atoms with Crippen molar-refractivity contribution in [3.05, 3.63) is 58.7 Å². The summed E-state index contributed by atoms with van der Waals surface area (Å²) >= 11 is 7.03. The van der Waals surface area contributed by atoms with Gasteiger partial charge in [0.2, 0.25) is 5.91 Å². The molecule has 3 aromatic rings. The molecule has 0 saturated heterocycles. The Morgan fingerprint density at radius 1 is 1.21 bits per heavy atom. The molecule has 1 aromatic carbocycles. The highest BCUT2D eigenvalue weighted by Gasteiger charge is 2.33. The molecule has 0 bridgehead atoms. The molecular formula is C19H18ClF3N4OS. The number of carbonyl (C=O) groups excluding carboxylic acids is 1. The van der Waals surface area contributed by atoms with Crippen molar-refractivity contribution in [2.75, 3.05) is 13.1 Å². The van der Waals surface area contributed by atoms with E-state index in [-0.39, 0.29) is 21.7 Å². The topological polar surface area (TPSA) is 50.5 Å². The van der Waals surface area contributed by atoms with Crippen LogP contribution in [-0.2, 0) is 11.0 Å². The molecule has 0 saturated carbocycles. The minimum atomic E-state index is -4.57. The second-order valence-electron chi connectivity index (χ2n) is 6.17. The van der Waals surface area contributed by atoms with E-state index < -0.39 is 17.0 Å². The van der Waals surface area contributed by atoms with Gasteiger partial charge in [0.15, 0.2) is 10.8 Å². The Hall–Kier alpha value is -2.26. The third kappa shape index (κ3) is 4.51. The number of hydrogen-bond donors (Lipinski definition) is 0. The van der Waals surface area contributed by atoms with Crippen molar-refractivity contribution < 1.29 is 18.0 Å². The minimum absolute atomic E-state index is 0.101. The van der Waals surface area contributed by atoms with E-state index in [0.717, 1.165) is 29.6 Å². The summed E-state index contributed by atoms with van der Waals surface area (Å²) in [7, 11) is 0. The van der Waals surface area contributed by atoms with Gasteiger partial charge in [-0.1, -0.05) is 53.7 Å². The predicted octanol–water partition coefficient (Wildman–Crippen LogP) is 5.10. The van der Waals surface area contributed by atoms with E-state index in [2.05, 4.69) is 10.2 Å². The fourth-order valence-corrected chi connectivity index (χ4v) is 4.21. The molecule has 0 aliphatic carbocycles. The highest BCUT2D eigenvalue weighted by Crippen LogP contribution is 2.38. The van der Waals surface area contributed by atoms with Crippen LogP contribution in [0.1, 0.15) is 30.2 Å². The number of rotatable bonds is 6. The van der Waals surface area contributed by atoms with Crippen LogP contribution in [0, 0.1) is 0 Å². The van der Waals surface area contributed by atoms with Crippen molar-refractivity contribution in [1.82, 2.24) is 19.5 Å². The lowest BCUT2D eigenvalue weighted by atomic mass is 10.1.